The van der Waals surface area contributed by atoms with Crippen molar-refractivity contribution in [2.24, 2.45) is 0 Å². The zero-order valence-electron chi connectivity index (χ0n) is 10.6. The Kier molecular flexibility index (Phi) is 5.65. The van der Waals surface area contributed by atoms with Gasteiger partial charge >= 0.3 is 0 Å². The van der Waals surface area contributed by atoms with E-state index in [0.29, 0.717) is 6.04 Å². The van der Waals surface area contributed by atoms with E-state index >= 15 is 0 Å². The van der Waals surface area contributed by atoms with Crippen LogP contribution in [0.15, 0.2) is 18.2 Å². The molecule has 0 amide bonds. The molecule has 0 radical (unpaired) electrons. The maximum atomic E-state index is 9.75. The van der Waals surface area contributed by atoms with Crippen LogP contribution in [0.4, 0.5) is 0 Å². The molecule has 0 aliphatic heterocycles. The molecule has 1 aromatic rings. The Hall–Kier alpha value is -0.870. The summed E-state index contributed by atoms with van der Waals surface area (Å²) in [6, 6.07) is 5.19. The van der Waals surface area contributed by atoms with Crippen molar-refractivity contribution in [1.82, 2.24) is 5.32 Å². The van der Waals surface area contributed by atoms with Crippen LogP contribution in [0.1, 0.15) is 32.4 Å². The third-order valence-corrected chi connectivity index (χ3v) is 3.73. The standard InChI is InChI=1S/C13H21NO2S/c1-4-17-8-9(2)14-10(3)12-6-5-11(15)7-13(12)16/h5-7,9-10,14-16H,4,8H2,1-3H3. The maximum Gasteiger partial charge on any atom is 0.124 e. The molecule has 0 bridgehead atoms. The normalized spacial score (nSPS) is 14.5. The predicted octanol–water partition coefficient (Wildman–Crippen LogP) is 2.89. The number of thioether (sulfide) groups is 1. The van der Waals surface area contributed by atoms with Gasteiger partial charge in [-0.1, -0.05) is 13.0 Å². The fraction of sp³-hybridized carbons (Fsp3) is 0.538. The largest absolute Gasteiger partial charge is 0.508 e. The first-order chi connectivity index (χ1) is 8.04. The molecule has 96 valence electrons. The first-order valence-electron chi connectivity index (χ1n) is 5.90. The summed E-state index contributed by atoms with van der Waals surface area (Å²) in [6.07, 6.45) is 0. The van der Waals surface area contributed by atoms with Gasteiger partial charge in [-0.2, -0.15) is 11.8 Å². The van der Waals surface area contributed by atoms with E-state index in [0.717, 1.165) is 17.1 Å². The molecule has 2 atom stereocenters. The van der Waals surface area contributed by atoms with Crippen LogP contribution in [0.5, 0.6) is 11.5 Å². The van der Waals surface area contributed by atoms with Crippen LogP contribution in [0, 0.1) is 0 Å². The summed E-state index contributed by atoms with van der Waals surface area (Å²) < 4.78 is 0. The lowest BCUT2D eigenvalue weighted by Crippen LogP contribution is -2.30. The summed E-state index contributed by atoms with van der Waals surface area (Å²) >= 11 is 1.90. The highest BCUT2D eigenvalue weighted by Gasteiger charge is 2.13. The van der Waals surface area contributed by atoms with Crippen molar-refractivity contribution in [3.63, 3.8) is 0 Å². The topological polar surface area (TPSA) is 52.5 Å². The van der Waals surface area contributed by atoms with Gasteiger partial charge in [-0.3, -0.25) is 0 Å². The molecule has 0 saturated heterocycles. The van der Waals surface area contributed by atoms with Gasteiger partial charge in [-0.05, 0) is 25.7 Å². The molecule has 2 unspecified atom stereocenters. The van der Waals surface area contributed by atoms with Gasteiger partial charge in [-0.15, -0.1) is 0 Å². The maximum absolute atomic E-state index is 9.75. The third kappa shape index (κ3) is 4.48. The molecule has 0 spiro atoms. The Morgan fingerprint density at radius 1 is 1.29 bits per heavy atom. The number of benzene rings is 1. The third-order valence-electron chi connectivity index (χ3n) is 2.59. The Balaban J connectivity index is 2.60. The van der Waals surface area contributed by atoms with Crippen LogP contribution in [-0.4, -0.2) is 27.8 Å². The van der Waals surface area contributed by atoms with E-state index in [1.807, 2.05) is 18.7 Å². The highest BCUT2D eigenvalue weighted by atomic mass is 32.2. The van der Waals surface area contributed by atoms with Crippen molar-refractivity contribution in [2.45, 2.75) is 32.9 Å². The molecule has 1 rings (SSSR count). The number of nitrogens with one attached hydrogen (secondary N) is 1. The van der Waals surface area contributed by atoms with Gasteiger partial charge in [0, 0.05) is 29.5 Å². The molecule has 4 heteroatoms. The summed E-state index contributed by atoms with van der Waals surface area (Å²) in [5.74, 6) is 2.40. The molecule has 0 heterocycles. The van der Waals surface area contributed by atoms with Gasteiger partial charge in [0.05, 0.1) is 0 Å². The summed E-state index contributed by atoms with van der Waals surface area (Å²) in [5, 5.41) is 22.4. The molecular weight excluding hydrogens is 234 g/mol. The average molecular weight is 255 g/mol. The molecule has 17 heavy (non-hydrogen) atoms. The smallest absolute Gasteiger partial charge is 0.124 e. The van der Waals surface area contributed by atoms with Crippen molar-refractivity contribution < 1.29 is 10.2 Å². The molecule has 3 N–H and O–H groups in total. The van der Waals surface area contributed by atoms with Gasteiger partial charge in [-0.25, -0.2) is 0 Å². The van der Waals surface area contributed by atoms with Gasteiger partial charge in [0.25, 0.3) is 0 Å². The van der Waals surface area contributed by atoms with Crippen LogP contribution in [0.3, 0.4) is 0 Å². The van der Waals surface area contributed by atoms with E-state index in [4.69, 9.17) is 0 Å². The van der Waals surface area contributed by atoms with Gasteiger partial charge in [0.1, 0.15) is 11.5 Å². The van der Waals surface area contributed by atoms with E-state index < -0.39 is 0 Å². The number of rotatable bonds is 6. The fourth-order valence-electron chi connectivity index (χ4n) is 1.76. The van der Waals surface area contributed by atoms with Crippen molar-refractivity contribution in [2.75, 3.05) is 11.5 Å². The SMILES string of the molecule is CCSCC(C)NC(C)c1ccc(O)cc1O. The second-order valence-corrected chi connectivity index (χ2v) is 5.51. The van der Waals surface area contributed by atoms with Crippen molar-refractivity contribution in [3.05, 3.63) is 23.8 Å². The lowest BCUT2D eigenvalue weighted by atomic mass is 10.1. The first kappa shape index (κ1) is 14.2. The predicted molar refractivity (Wildman–Crippen MR) is 73.8 cm³/mol. The number of phenols is 2. The minimum absolute atomic E-state index is 0.0723. The summed E-state index contributed by atoms with van der Waals surface area (Å²) in [5.41, 5.74) is 0.816. The highest BCUT2D eigenvalue weighted by molar-refractivity contribution is 7.99. The quantitative estimate of drug-likeness (QED) is 0.731. The van der Waals surface area contributed by atoms with Crippen molar-refractivity contribution in [1.29, 1.82) is 0 Å². The Morgan fingerprint density at radius 3 is 2.59 bits per heavy atom. The number of aromatic hydroxyl groups is 2. The minimum Gasteiger partial charge on any atom is -0.508 e. The molecule has 0 saturated carbocycles. The van der Waals surface area contributed by atoms with Crippen LogP contribution in [-0.2, 0) is 0 Å². The lowest BCUT2D eigenvalue weighted by molar-refractivity contribution is 0.430. The van der Waals surface area contributed by atoms with Crippen molar-refractivity contribution >= 4 is 11.8 Å². The molecular formula is C13H21NO2S. The summed E-state index contributed by atoms with van der Waals surface area (Å²) in [6.45, 7) is 6.29. The van der Waals surface area contributed by atoms with Crippen LogP contribution in [0.25, 0.3) is 0 Å². The second kappa shape index (κ2) is 6.77. The number of hydrogen-bond acceptors (Lipinski definition) is 4. The van der Waals surface area contributed by atoms with Crippen LogP contribution >= 0.6 is 11.8 Å². The van der Waals surface area contributed by atoms with Gasteiger partial charge in [0.15, 0.2) is 0 Å². The average Bonchev–Trinajstić information content (AvgIpc) is 2.26. The molecule has 1 aromatic carbocycles. The van der Waals surface area contributed by atoms with Crippen LogP contribution < -0.4 is 5.32 Å². The van der Waals surface area contributed by atoms with E-state index in [-0.39, 0.29) is 17.5 Å². The molecule has 0 aliphatic carbocycles. The molecule has 0 aliphatic rings. The number of hydrogen-bond donors (Lipinski definition) is 3. The summed E-state index contributed by atoms with van der Waals surface area (Å²) in [4.78, 5) is 0. The molecule has 0 fully saturated rings. The fourth-order valence-corrected chi connectivity index (χ4v) is 2.44. The summed E-state index contributed by atoms with van der Waals surface area (Å²) in [7, 11) is 0. The second-order valence-electron chi connectivity index (χ2n) is 4.19. The minimum atomic E-state index is 0.0723. The molecule has 3 nitrogen and oxygen atoms in total. The molecule has 0 aromatic heterocycles. The Labute approximate surface area is 107 Å². The first-order valence-corrected chi connectivity index (χ1v) is 7.05. The van der Waals surface area contributed by atoms with Crippen molar-refractivity contribution in [3.8, 4) is 11.5 Å². The number of phenolic OH excluding ortho intramolecular Hbond substituents is 2. The van der Waals surface area contributed by atoms with E-state index in [1.54, 1.807) is 12.1 Å². The lowest BCUT2D eigenvalue weighted by Gasteiger charge is -2.20. The Bertz CT molecular complexity index is 357. The monoisotopic (exact) mass is 255 g/mol. The van der Waals surface area contributed by atoms with E-state index in [1.165, 1.54) is 6.07 Å². The van der Waals surface area contributed by atoms with E-state index in [9.17, 15) is 10.2 Å². The van der Waals surface area contributed by atoms with E-state index in [2.05, 4.69) is 19.2 Å². The van der Waals surface area contributed by atoms with Crippen LogP contribution in [0.2, 0.25) is 0 Å². The van der Waals surface area contributed by atoms with Gasteiger partial charge in [0.2, 0.25) is 0 Å². The zero-order valence-corrected chi connectivity index (χ0v) is 11.4. The highest BCUT2D eigenvalue weighted by Crippen LogP contribution is 2.28. The zero-order chi connectivity index (χ0) is 12.8. The van der Waals surface area contributed by atoms with Gasteiger partial charge < -0.3 is 15.5 Å². The Morgan fingerprint density at radius 2 is 2.00 bits per heavy atom.